The van der Waals surface area contributed by atoms with Crippen LogP contribution in [0.3, 0.4) is 0 Å². The maximum Gasteiger partial charge on any atom is 0.335 e. The Bertz CT molecular complexity index is 1730. The van der Waals surface area contributed by atoms with E-state index in [2.05, 4.69) is 39.8 Å². The summed E-state index contributed by atoms with van der Waals surface area (Å²) in [4.78, 5) is 36.5. The van der Waals surface area contributed by atoms with Gasteiger partial charge in [-0.25, -0.2) is 9.59 Å². The Morgan fingerprint density at radius 2 is 1.33 bits per heavy atom. The number of carbonyl (C=O) groups is 3. The number of rotatable bonds is 8. The standard InChI is InChI=1S/C42H62O16/c1-37-13-14-38(2,36(53)54)17-20(37)19-7-8-22-39(3)11-10-23(40(4,18-43)21(39)9-12-42(22,6)41(19,5)16-15-37)55-35-31(27(47)26(46)30(57-35)33(51)52)58-34-28(48)24(44)25(45)29(56-34)32(49)50/h7-8,21-31,34-35,43-48H,9-18H2,1-6H3,(H,49,50)(H,51,52)(H,53,54)/t21-,22-,23+,24+,25+,26+,27+,28-,29+,30+,31-,34+,35-,37-,38+,39+,40-,41-,42-/m1/s1. The molecule has 0 unspecified atom stereocenters. The number of aliphatic hydroxyl groups excluding tert-OH is 6. The van der Waals surface area contributed by atoms with Crippen LogP contribution in [0.2, 0.25) is 0 Å². The van der Waals surface area contributed by atoms with E-state index in [0.717, 1.165) is 25.7 Å². The normalized spacial score (nSPS) is 52.8. The monoisotopic (exact) mass is 822 g/mol. The molecule has 326 valence electrons. The Hall–Kier alpha value is -2.51. The second kappa shape index (κ2) is 14.6. The number of aliphatic hydroxyl groups is 6. The zero-order chi connectivity index (χ0) is 42.7. The van der Waals surface area contributed by atoms with E-state index in [1.54, 1.807) is 0 Å². The van der Waals surface area contributed by atoms with E-state index in [0.29, 0.717) is 32.1 Å². The van der Waals surface area contributed by atoms with Gasteiger partial charge < -0.3 is 64.9 Å². The van der Waals surface area contributed by atoms with Crippen LogP contribution >= 0.6 is 0 Å². The third-order valence-electron chi connectivity index (χ3n) is 17.0. The number of carboxylic acids is 3. The topological polar surface area (TPSA) is 270 Å². The lowest BCUT2D eigenvalue weighted by Crippen LogP contribution is -2.67. The van der Waals surface area contributed by atoms with E-state index in [4.69, 9.17) is 18.9 Å². The van der Waals surface area contributed by atoms with Crippen molar-refractivity contribution in [3.63, 3.8) is 0 Å². The largest absolute Gasteiger partial charge is 0.481 e. The summed E-state index contributed by atoms with van der Waals surface area (Å²) in [5, 5.41) is 94.4. The molecule has 2 saturated heterocycles. The molecule has 2 aliphatic heterocycles. The van der Waals surface area contributed by atoms with Crippen molar-refractivity contribution in [1.82, 2.24) is 0 Å². The first-order chi connectivity index (χ1) is 26.9. The minimum absolute atomic E-state index is 0.0600. The average Bonchev–Trinajstić information content (AvgIpc) is 3.16. The van der Waals surface area contributed by atoms with Crippen molar-refractivity contribution >= 4 is 17.9 Å². The van der Waals surface area contributed by atoms with Crippen LogP contribution < -0.4 is 0 Å². The van der Waals surface area contributed by atoms with E-state index >= 15 is 0 Å². The van der Waals surface area contributed by atoms with Gasteiger partial charge in [-0.3, -0.25) is 4.79 Å². The van der Waals surface area contributed by atoms with Crippen LogP contribution in [0.4, 0.5) is 0 Å². The van der Waals surface area contributed by atoms with Crippen molar-refractivity contribution in [3.8, 4) is 0 Å². The van der Waals surface area contributed by atoms with Gasteiger partial charge in [0.2, 0.25) is 0 Å². The summed E-state index contributed by atoms with van der Waals surface area (Å²) >= 11 is 0. The number of hydrogen-bond acceptors (Lipinski definition) is 13. The predicted molar refractivity (Wildman–Crippen MR) is 200 cm³/mol. The van der Waals surface area contributed by atoms with E-state index in [-0.39, 0.29) is 40.1 Å². The van der Waals surface area contributed by atoms with Crippen molar-refractivity contribution in [2.45, 2.75) is 167 Å². The number of hydrogen-bond donors (Lipinski definition) is 9. The van der Waals surface area contributed by atoms with E-state index in [1.807, 2.05) is 13.8 Å². The molecular weight excluding hydrogens is 760 g/mol. The van der Waals surface area contributed by atoms with Gasteiger partial charge in [-0.15, -0.1) is 0 Å². The Balaban J connectivity index is 1.19. The van der Waals surface area contributed by atoms with Crippen LogP contribution in [0.1, 0.15) is 99.3 Å². The highest BCUT2D eigenvalue weighted by atomic mass is 16.8. The lowest BCUT2D eigenvalue weighted by atomic mass is 9.35. The van der Waals surface area contributed by atoms with Crippen molar-refractivity contribution in [1.29, 1.82) is 0 Å². The smallest absolute Gasteiger partial charge is 0.335 e. The maximum atomic E-state index is 12.5. The molecule has 0 spiro atoms. The van der Waals surface area contributed by atoms with E-state index < -0.39 is 96.3 Å². The molecule has 7 rings (SSSR count). The van der Waals surface area contributed by atoms with Crippen molar-refractivity contribution in [2.24, 2.45) is 44.3 Å². The van der Waals surface area contributed by atoms with Crippen LogP contribution in [0.5, 0.6) is 0 Å². The summed E-state index contributed by atoms with van der Waals surface area (Å²) in [7, 11) is 0. The van der Waals surface area contributed by atoms with Crippen LogP contribution in [-0.4, -0.2) is 138 Å². The summed E-state index contributed by atoms with van der Waals surface area (Å²) in [5.74, 6) is -4.11. The fourth-order valence-electron chi connectivity index (χ4n) is 12.9. The number of aliphatic carboxylic acids is 3. The molecule has 2 heterocycles. The number of fused-ring (bicyclic) bond motifs is 6. The summed E-state index contributed by atoms with van der Waals surface area (Å²) in [6.07, 6.45) is -9.53. The molecule has 0 aromatic heterocycles. The molecule has 0 radical (unpaired) electrons. The molecule has 58 heavy (non-hydrogen) atoms. The summed E-state index contributed by atoms with van der Waals surface area (Å²) in [6.45, 7) is 12.7. The van der Waals surface area contributed by atoms with Gasteiger partial charge in [0.25, 0.3) is 0 Å². The van der Waals surface area contributed by atoms with Crippen LogP contribution in [-0.2, 0) is 33.3 Å². The highest BCUT2D eigenvalue weighted by molar-refractivity contribution is 5.75. The van der Waals surface area contributed by atoms with Crippen molar-refractivity contribution in [3.05, 3.63) is 23.3 Å². The second-order valence-electron chi connectivity index (χ2n) is 20.1. The molecule has 0 aromatic carbocycles. The molecule has 0 aromatic rings. The number of ether oxygens (including phenoxy) is 4. The summed E-state index contributed by atoms with van der Waals surface area (Å²) in [6, 6.07) is 0. The molecular formula is C42H62O16. The summed E-state index contributed by atoms with van der Waals surface area (Å²) in [5.41, 5.74) is -0.0843. The second-order valence-corrected chi connectivity index (χ2v) is 20.1. The maximum absolute atomic E-state index is 12.5. The van der Waals surface area contributed by atoms with Gasteiger partial charge in [-0.2, -0.15) is 0 Å². The fraction of sp³-hybridized carbons (Fsp3) is 0.833. The summed E-state index contributed by atoms with van der Waals surface area (Å²) < 4.78 is 23.3. The third kappa shape index (κ3) is 6.26. The third-order valence-corrected chi connectivity index (χ3v) is 17.0. The van der Waals surface area contributed by atoms with Gasteiger partial charge in [-0.05, 0) is 104 Å². The highest BCUT2D eigenvalue weighted by Gasteiger charge is 2.68. The van der Waals surface area contributed by atoms with Gasteiger partial charge in [0.15, 0.2) is 24.8 Å². The first-order valence-electron chi connectivity index (χ1n) is 20.7. The van der Waals surface area contributed by atoms with Gasteiger partial charge >= 0.3 is 17.9 Å². The first kappa shape index (κ1) is 43.6. The fourth-order valence-corrected chi connectivity index (χ4v) is 12.9. The molecule has 19 atom stereocenters. The minimum Gasteiger partial charge on any atom is -0.481 e. The quantitative estimate of drug-likeness (QED) is 0.158. The lowest BCUT2D eigenvalue weighted by Gasteiger charge is -2.69. The van der Waals surface area contributed by atoms with Crippen LogP contribution in [0, 0.1) is 44.3 Å². The Morgan fingerprint density at radius 1 is 0.724 bits per heavy atom. The zero-order valence-electron chi connectivity index (χ0n) is 34.1. The number of allylic oxidation sites excluding steroid dienone is 4. The zero-order valence-corrected chi connectivity index (χ0v) is 34.1. The van der Waals surface area contributed by atoms with Gasteiger partial charge in [-0.1, -0.05) is 52.3 Å². The van der Waals surface area contributed by atoms with Crippen molar-refractivity contribution in [2.75, 3.05) is 6.61 Å². The highest BCUT2D eigenvalue weighted by Crippen LogP contribution is 2.74. The molecule has 5 fully saturated rings. The molecule has 0 bridgehead atoms. The molecule has 16 heteroatoms. The SMILES string of the molecule is C[C@]1(C(=O)O)CC[C@]2(C)CC[C@]3(C)C(=C2C1)C=C[C@@H]1[C@@]2(C)CC[C@H](O[C@@H]4O[C@H](C(=O)O)[C@@H](O)[C@H](O)[C@H]4O[C@@H]4O[C@H](C(=O)O)[C@@H](O)[C@H](O)[C@H]4O)[C@](C)(CO)[C@@H]2CC[C@]13C. The van der Waals surface area contributed by atoms with Gasteiger partial charge in [0.05, 0.1) is 18.1 Å². The van der Waals surface area contributed by atoms with Crippen molar-refractivity contribution < 1.29 is 79.3 Å². The van der Waals surface area contributed by atoms with Gasteiger partial charge in [0, 0.05) is 5.41 Å². The molecule has 16 nitrogen and oxygen atoms in total. The lowest BCUT2D eigenvalue weighted by molar-refractivity contribution is -0.372. The van der Waals surface area contributed by atoms with Crippen LogP contribution in [0.25, 0.3) is 0 Å². The Morgan fingerprint density at radius 3 is 1.93 bits per heavy atom. The molecule has 5 aliphatic carbocycles. The molecule has 9 N–H and O–H groups in total. The molecule has 7 aliphatic rings. The van der Waals surface area contributed by atoms with E-state index in [9.17, 15) is 60.3 Å². The number of carboxylic acid groups (broad SMARTS) is 3. The molecule has 3 saturated carbocycles. The van der Waals surface area contributed by atoms with E-state index in [1.165, 1.54) is 11.1 Å². The Labute approximate surface area is 337 Å². The first-order valence-corrected chi connectivity index (χ1v) is 20.7. The van der Waals surface area contributed by atoms with Gasteiger partial charge in [0.1, 0.15) is 36.6 Å². The van der Waals surface area contributed by atoms with Crippen LogP contribution in [0.15, 0.2) is 23.3 Å². The Kier molecular flexibility index (Phi) is 10.9. The minimum atomic E-state index is -2.06. The predicted octanol–water partition coefficient (Wildman–Crippen LogP) is 1.96. The average molecular weight is 823 g/mol. The molecule has 0 amide bonds.